The van der Waals surface area contributed by atoms with E-state index in [4.69, 9.17) is 17.2 Å². The van der Waals surface area contributed by atoms with Crippen molar-refractivity contribution in [1.29, 1.82) is 0 Å². The zero-order valence-electron chi connectivity index (χ0n) is 14.7. The second kappa shape index (κ2) is 6.95. The van der Waals surface area contributed by atoms with Crippen LogP contribution in [0, 0.1) is 4.77 Å². The first-order valence-corrected chi connectivity index (χ1v) is 10.3. The summed E-state index contributed by atoms with van der Waals surface area (Å²) < 4.78 is 5.44. The van der Waals surface area contributed by atoms with Crippen LogP contribution in [0.1, 0.15) is 23.9 Å². The molecule has 5 rings (SSSR count). The average molecular weight is 396 g/mol. The maximum Gasteiger partial charge on any atom is 0.225 e. The molecule has 8 heteroatoms. The lowest BCUT2D eigenvalue weighted by Crippen LogP contribution is -3.09. The van der Waals surface area contributed by atoms with E-state index in [1.807, 2.05) is 41.1 Å². The van der Waals surface area contributed by atoms with Gasteiger partial charge in [-0.1, -0.05) is 30.3 Å². The number of quaternary nitrogens is 1. The standard InChI is InChI=1S/C19H18N6S2/c26-19-24(21-22-25(19)14-7-2-1-3-8-14)13-23-12-6-10-16(23)18-20-15-9-4-5-11-17(15)27-18/h1-5,7-9,11,16H,6,10,12-13H2/p+1/t16-/m0/s1. The van der Waals surface area contributed by atoms with Crippen molar-refractivity contribution in [3.8, 4) is 5.69 Å². The van der Waals surface area contributed by atoms with Crippen LogP contribution < -0.4 is 4.90 Å². The molecule has 0 saturated carbocycles. The Morgan fingerprint density at radius 1 is 1.07 bits per heavy atom. The molecule has 1 saturated heterocycles. The summed E-state index contributed by atoms with van der Waals surface area (Å²) in [6, 6.07) is 18.7. The molecule has 1 N–H and O–H groups in total. The Kier molecular flexibility index (Phi) is 4.31. The molecule has 0 radical (unpaired) electrons. The smallest absolute Gasteiger partial charge is 0.225 e. The van der Waals surface area contributed by atoms with Gasteiger partial charge in [-0.15, -0.1) is 11.3 Å². The van der Waals surface area contributed by atoms with Gasteiger partial charge < -0.3 is 4.90 Å². The van der Waals surface area contributed by atoms with E-state index >= 15 is 0 Å². The third-order valence-corrected chi connectivity index (χ3v) is 6.62. The van der Waals surface area contributed by atoms with Gasteiger partial charge in [-0.3, -0.25) is 0 Å². The fourth-order valence-corrected chi connectivity index (χ4v) is 5.14. The molecular formula is C19H19N6S2+. The quantitative estimate of drug-likeness (QED) is 0.540. The van der Waals surface area contributed by atoms with Crippen molar-refractivity contribution in [1.82, 2.24) is 24.8 Å². The van der Waals surface area contributed by atoms with Gasteiger partial charge in [-0.2, -0.15) is 9.36 Å². The maximum absolute atomic E-state index is 5.62. The van der Waals surface area contributed by atoms with Crippen LogP contribution in [0.15, 0.2) is 54.6 Å². The Bertz CT molecular complexity index is 1100. The molecule has 4 aromatic rings. The van der Waals surface area contributed by atoms with Crippen molar-refractivity contribution in [2.75, 3.05) is 6.54 Å². The van der Waals surface area contributed by atoms with Crippen LogP contribution in [0.4, 0.5) is 0 Å². The van der Waals surface area contributed by atoms with Gasteiger partial charge in [0.05, 0.1) is 22.4 Å². The lowest BCUT2D eigenvalue weighted by molar-refractivity contribution is -0.941. The second-order valence-electron chi connectivity index (χ2n) is 6.79. The molecule has 1 unspecified atom stereocenters. The number of likely N-dealkylation sites (tertiary alicyclic amines) is 1. The van der Waals surface area contributed by atoms with Crippen molar-refractivity contribution in [3.63, 3.8) is 0 Å². The number of aromatic nitrogens is 5. The third kappa shape index (κ3) is 3.09. The molecule has 3 heterocycles. The van der Waals surface area contributed by atoms with Gasteiger partial charge in [0.15, 0.2) is 11.7 Å². The summed E-state index contributed by atoms with van der Waals surface area (Å²) in [5.74, 6) is 0. The van der Waals surface area contributed by atoms with E-state index in [1.54, 1.807) is 16.0 Å². The van der Waals surface area contributed by atoms with Gasteiger partial charge in [0.1, 0.15) is 6.04 Å². The number of rotatable bonds is 4. The number of benzene rings is 2. The third-order valence-electron chi connectivity index (χ3n) is 5.09. The number of hydrogen-bond acceptors (Lipinski definition) is 5. The van der Waals surface area contributed by atoms with E-state index in [9.17, 15) is 0 Å². The molecule has 27 heavy (non-hydrogen) atoms. The lowest BCUT2D eigenvalue weighted by Gasteiger charge is -2.18. The highest BCUT2D eigenvalue weighted by Crippen LogP contribution is 2.28. The number of hydrogen-bond donors (Lipinski definition) is 1. The number of nitrogens with zero attached hydrogens (tertiary/aromatic N) is 5. The topological polar surface area (TPSA) is 53.0 Å². The van der Waals surface area contributed by atoms with E-state index < -0.39 is 0 Å². The van der Waals surface area contributed by atoms with E-state index in [0.29, 0.717) is 17.5 Å². The lowest BCUT2D eigenvalue weighted by atomic mass is 10.2. The number of thiazole rings is 1. The Balaban J connectivity index is 1.42. The SMILES string of the molecule is S=c1n(C[NH+]2CCC[C@H]2c2nc3ccccc3s2)nnn1-c1ccccc1. The van der Waals surface area contributed by atoms with Gasteiger partial charge in [0, 0.05) is 12.8 Å². The molecule has 6 nitrogen and oxygen atoms in total. The Morgan fingerprint density at radius 2 is 1.89 bits per heavy atom. The zero-order valence-corrected chi connectivity index (χ0v) is 16.3. The van der Waals surface area contributed by atoms with Crippen LogP contribution >= 0.6 is 23.6 Å². The van der Waals surface area contributed by atoms with Crippen molar-refractivity contribution in [3.05, 3.63) is 64.4 Å². The Hall–Kier alpha value is -2.42. The number of fused-ring (bicyclic) bond motifs is 1. The largest absolute Gasteiger partial charge is 0.308 e. The summed E-state index contributed by atoms with van der Waals surface area (Å²) in [6.07, 6.45) is 2.34. The molecule has 1 fully saturated rings. The van der Waals surface area contributed by atoms with Crippen molar-refractivity contribution < 1.29 is 4.90 Å². The first-order chi connectivity index (χ1) is 13.3. The van der Waals surface area contributed by atoms with Gasteiger partial charge in [0.2, 0.25) is 4.77 Å². The minimum absolute atomic E-state index is 0.395. The average Bonchev–Trinajstić information content (AvgIpc) is 3.41. The van der Waals surface area contributed by atoms with Crippen LogP contribution in [-0.4, -0.2) is 31.3 Å². The molecule has 0 aliphatic carbocycles. The minimum Gasteiger partial charge on any atom is -0.308 e. The van der Waals surface area contributed by atoms with Crippen molar-refractivity contribution in [2.24, 2.45) is 0 Å². The molecular weight excluding hydrogens is 376 g/mol. The number of tetrazole rings is 1. The monoisotopic (exact) mass is 395 g/mol. The van der Waals surface area contributed by atoms with E-state index in [2.05, 4.69) is 28.6 Å². The first-order valence-electron chi connectivity index (χ1n) is 9.08. The summed E-state index contributed by atoms with van der Waals surface area (Å²) in [4.78, 5) is 6.33. The molecule has 136 valence electrons. The Labute approximate surface area is 165 Å². The second-order valence-corrected chi connectivity index (χ2v) is 8.22. The molecule has 2 aromatic carbocycles. The van der Waals surface area contributed by atoms with Crippen LogP contribution in [0.3, 0.4) is 0 Å². The molecule has 1 aliphatic rings. The predicted molar refractivity (Wildman–Crippen MR) is 108 cm³/mol. The minimum atomic E-state index is 0.395. The summed E-state index contributed by atoms with van der Waals surface area (Å²) >= 11 is 7.43. The van der Waals surface area contributed by atoms with Gasteiger partial charge in [0.25, 0.3) is 0 Å². The van der Waals surface area contributed by atoms with E-state index in [0.717, 1.165) is 24.2 Å². The van der Waals surface area contributed by atoms with E-state index in [-0.39, 0.29) is 0 Å². The zero-order chi connectivity index (χ0) is 18.2. The van der Waals surface area contributed by atoms with Gasteiger partial charge in [-0.25, -0.2) is 4.98 Å². The van der Waals surface area contributed by atoms with E-state index in [1.165, 1.54) is 21.0 Å². The maximum atomic E-state index is 5.62. The number of para-hydroxylation sites is 2. The van der Waals surface area contributed by atoms with Gasteiger partial charge in [-0.05, 0) is 46.9 Å². The highest BCUT2D eigenvalue weighted by atomic mass is 32.1. The van der Waals surface area contributed by atoms with Crippen LogP contribution in [-0.2, 0) is 6.67 Å². The molecule has 2 aromatic heterocycles. The van der Waals surface area contributed by atoms with Crippen molar-refractivity contribution >= 4 is 33.8 Å². The predicted octanol–water partition coefficient (Wildman–Crippen LogP) is 2.79. The Morgan fingerprint density at radius 3 is 2.74 bits per heavy atom. The number of nitrogens with one attached hydrogen (secondary N) is 1. The van der Waals surface area contributed by atoms with Crippen molar-refractivity contribution in [2.45, 2.75) is 25.6 Å². The summed E-state index contributed by atoms with van der Waals surface area (Å²) in [5.41, 5.74) is 2.03. The normalized spacial score (nSPS) is 19.7. The summed E-state index contributed by atoms with van der Waals surface area (Å²) in [5, 5.41) is 9.79. The highest BCUT2D eigenvalue weighted by Gasteiger charge is 2.33. The van der Waals surface area contributed by atoms with Crippen LogP contribution in [0.2, 0.25) is 0 Å². The highest BCUT2D eigenvalue weighted by molar-refractivity contribution is 7.71. The van der Waals surface area contributed by atoms with Crippen LogP contribution in [0.5, 0.6) is 0 Å². The van der Waals surface area contributed by atoms with Gasteiger partial charge >= 0.3 is 0 Å². The first kappa shape index (κ1) is 16.7. The molecule has 2 atom stereocenters. The fraction of sp³-hybridized carbons (Fsp3) is 0.263. The molecule has 0 amide bonds. The molecule has 1 aliphatic heterocycles. The fourth-order valence-electron chi connectivity index (χ4n) is 3.74. The summed E-state index contributed by atoms with van der Waals surface area (Å²) in [6.45, 7) is 1.81. The summed E-state index contributed by atoms with van der Waals surface area (Å²) in [7, 11) is 0. The molecule has 0 bridgehead atoms. The van der Waals surface area contributed by atoms with Crippen LogP contribution in [0.25, 0.3) is 15.9 Å². The molecule has 0 spiro atoms.